The Morgan fingerprint density at radius 3 is 1.32 bits per heavy atom. The molecule has 3 aromatic carbocycles. The quantitative estimate of drug-likeness (QED) is 0.457. The first kappa shape index (κ1) is 20.6. The Hall–Kier alpha value is -2.16. The van der Waals surface area contributed by atoms with Gasteiger partial charge in [0.15, 0.2) is 0 Å². The summed E-state index contributed by atoms with van der Waals surface area (Å²) in [7, 11) is -2.61. The third-order valence-corrected chi connectivity index (χ3v) is 12.3. The molecule has 0 saturated carbocycles. The summed E-state index contributed by atoms with van der Waals surface area (Å²) in [6, 6.07) is 32.7. The number of hydrogen-bond acceptors (Lipinski definition) is 1. The van der Waals surface area contributed by atoms with Gasteiger partial charge in [0.25, 0.3) is 0 Å². The Kier molecular flexibility index (Phi) is 5.92. The topological polar surface area (TPSA) is 9.23 Å². The second-order valence-electron chi connectivity index (χ2n) is 8.46. The molecule has 0 atom stereocenters. The van der Waals surface area contributed by atoms with Crippen LogP contribution in [0.2, 0.25) is 0 Å². The second kappa shape index (κ2) is 8.06. The fourth-order valence-electron chi connectivity index (χ4n) is 4.95. The van der Waals surface area contributed by atoms with Crippen LogP contribution in [0.1, 0.15) is 45.7 Å². The first-order valence-corrected chi connectivity index (χ1v) is 12.1. The van der Waals surface area contributed by atoms with Crippen LogP contribution in [0, 0.1) is 0 Å². The van der Waals surface area contributed by atoms with Crippen molar-refractivity contribution in [2.24, 2.45) is 0 Å². The lowest BCUT2D eigenvalue weighted by Gasteiger charge is -2.54. The maximum Gasteiger partial charge on any atom is 0.243 e. The van der Waals surface area contributed by atoms with Gasteiger partial charge in [-0.15, -0.1) is 0 Å². The summed E-state index contributed by atoms with van der Waals surface area (Å²) < 4.78 is 6.99. The standard InChI is InChI=1S/C26H32OSi/c1-6-27-28(24-20-14-9-15-21-24,25(2,3)22-16-10-7-11-17-22)26(4,5)23-18-12-8-13-19-23/h7-21H,6H2,1-5H3. The average molecular weight is 389 g/mol. The van der Waals surface area contributed by atoms with Crippen molar-refractivity contribution in [2.75, 3.05) is 6.61 Å². The van der Waals surface area contributed by atoms with Crippen LogP contribution in [0.4, 0.5) is 0 Å². The molecule has 0 heterocycles. The molecule has 0 bridgehead atoms. The molecule has 146 valence electrons. The molecule has 3 rings (SSSR count). The minimum atomic E-state index is -2.61. The van der Waals surface area contributed by atoms with Crippen molar-refractivity contribution in [3.63, 3.8) is 0 Å². The molecule has 3 aromatic rings. The highest BCUT2D eigenvalue weighted by atomic mass is 28.4. The lowest BCUT2D eigenvalue weighted by Crippen LogP contribution is -2.74. The van der Waals surface area contributed by atoms with Crippen LogP contribution < -0.4 is 5.19 Å². The van der Waals surface area contributed by atoms with Gasteiger partial charge < -0.3 is 4.43 Å². The zero-order valence-electron chi connectivity index (χ0n) is 17.8. The van der Waals surface area contributed by atoms with Gasteiger partial charge in [0.2, 0.25) is 8.32 Å². The molecule has 0 aliphatic heterocycles. The van der Waals surface area contributed by atoms with Crippen LogP contribution in [0.5, 0.6) is 0 Å². The molecule has 0 fully saturated rings. The first-order valence-electron chi connectivity index (χ1n) is 10.2. The van der Waals surface area contributed by atoms with Gasteiger partial charge in [0.05, 0.1) is 0 Å². The van der Waals surface area contributed by atoms with Crippen molar-refractivity contribution in [3.05, 3.63) is 102 Å². The highest BCUT2D eigenvalue weighted by molar-refractivity contribution is 6.91. The van der Waals surface area contributed by atoms with E-state index in [1.807, 2.05) is 0 Å². The summed E-state index contributed by atoms with van der Waals surface area (Å²) >= 11 is 0. The molecular formula is C26H32OSi. The summed E-state index contributed by atoms with van der Waals surface area (Å²) in [6.07, 6.45) is 0. The number of hydrogen-bond donors (Lipinski definition) is 0. The van der Waals surface area contributed by atoms with E-state index in [9.17, 15) is 0 Å². The number of benzene rings is 3. The number of rotatable bonds is 7. The van der Waals surface area contributed by atoms with Gasteiger partial charge in [-0.25, -0.2) is 0 Å². The third kappa shape index (κ3) is 3.25. The average Bonchev–Trinajstić information content (AvgIpc) is 2.73. The van der Waals surface area contributed by atoms with E-state index in [1.165, 1.54) is 16.3 Å². The summed E-state index contributed by atoms with van der Waals surface area (Å²) in [6.45, 7) is 12.3. The molecule has 0 amide bonds. The van der Waals surface area contributed by atoms with Crippen LogP contribution in [0.25, 0.3) is 0 Å². The van der Waals surface area contributed by atoms with E-state index in [0.29, 0.717) is 6.61 Å². The minimum absolute atomic E-state index is 0.134. The molecule has 0 aliphatic rings. The maximum atomic E-state index is 6.99. The molecule has 0 aromatic heterocycles. The molecule has 2 heteroatoms. The fraction of sp³-hybridized carbons (Fsp3) is 0.308. The smallest absolute Gasteiger partial charge is 0.243 e. The summed E-state index contributed by atoms with van der Waals surface area (Å²) in [4.78, 5) is 0. The maximum absolute atomic E-state index is 6.99. The Morgan fingerprint density at radius 2 is 0.964 bits per heavy atom. The largest absolute Gasteiger partial charge is 0.411 e. The molecule has 0 saturated heterocycles. The van der Waals surface area contributed by atoms with E-state index in [2.05, 4.69) is 126 Å². The normalized spacial score (nSPS) is 12.8. The van der Waals surface area contributed by atoms with Crippen molar-refractivity contribution >= 4 is 13.5 Å². The van der Waals surface area contributed by atoms with Crippen LogP contribution in [0.15, 0.2) is 91.0 Å². The first-order chi connectivity index (χ1) is 13.4. The Bertz CT molecular complexity index is 819. The van der Waals surface area contributed by atoms with E-state index in [-0.39, 0.29) is 10.1 Å². The predicted molar refractivity (Wildman–Crippen MR) is 122 cm³/mol. The Balaban J connectivity index is 2.36. The van der Waals surface area contributed by atoms with E-state index in [4.69, 9.17) is 4.43 Å². The van der Waals surface area contributed by atoms with Gasteiger partial charge in [-0.2, -0.15) is 0 Å². The van der Waals surface area contributed by atoms with Gasteiger partial charge in [-0.3, -0.25) is 0 Å². The Labute approximate surface area is 171 Å². The molecule has 0 N–H and O–H groups in total. The second-order valence-corrected chi connectivity index (χ2v) is 13.2. The van der Waals surface area contributed by atoms with E-state index >= 15 is 0 Å². The van der Waals surface area contributed by atoms with Crippen molar-refractivity contribution in [1.82, 2.24) is 0 Å². The minimum Gasteiger partial charge on any atom is -0.411 e. The van der Waals surface area contributed by atoms with Crippen LogP contribution >= 0.6 is 0 Å². The van der Waals surface area contributed by atoms with E-state index in [1.54, 1.807) is 0 Å². The molecule has 0 spiro atoms. The zero-order chi connectivity index (χ0) is 20.3. The monoisotopic (exact) mass is 388 g/mol. The molecular weight excluding hydrogens is 356 g/mol. The lowest BCUT2D eigenvalue weighted by molar-refractivity contribution is 0.282. The van der Waals surface area contributed by atoms with Gasteiger partial charge in [-0.05, 0) is 23.2 Å². The zero-order valence-corrected chi connectivity index (χ0v) is 18.8. The van der Waals surface area contributed by atoms with Gasteiger partial charge in [0.1, 0.15) is 0 Å². The third-order valence-electron chi connectivity index (χ3n) is 6.29. The lowest BCUT2D eigenvalue weighted by atomic mass is 10.0. The van der Waals surface area contributed by atoms with Gasteiger partial charge >= 0.3 is 0 Å². The van der Waals surface area contributed by atoms with Crippen molar-refractivity contribution in [3.8, 4) is 0 Å². The molecule has 0 radical (unpaired) electrons. The van der Waals surface area contributed by atoms with Crippen LogP contribution in [-0.4, -0.2) is 14.9 Å². The van der Waals surface area contributed by atoms with Crippen molar-refractivity contribution in [1.29, 1.82) is 0 Å². The van der Waals surface area contributed by atoms with Gasteiger partial charge in [0, 0.05) is 16.7 Å². The Morgan fingerprint density at radius 1 is 0.607 bits per heavy atom. The van der Waals surface area contributed by atoms with Gasteiger partial charge in [-0.1, -0.05) is 119 Å². The van der Waals surface area contributed by atoms with E-state index < -0.39 is 8.32 Å². The molecule has 0 unspecified atom stereocenters. The molecule has 0 aliphatic carbocycles. The van der Waals surface area contributed by atoms with Crippen LogP contribution in [-0.2, 0) is 14.5 Å². The molecule has 28 heavy (non-hydrogen) atoms. The summed E-state index contributed by atoms with van der Waals surface area (Å²) in [5, 5.41) is 1.08. The SMILES string of the molecule is CCO[Si](c1ccccc1)(C(C)(C)c1ccccc1)C(C)(C)c1ccccc1. The van der Waals surface area contributed by atoms with Crippen LogP contribution in [0.3, 0.4) is 0 Å². The predicted octanol–water partition coefficient (Wildman–Crippen LogP) is 5.91. The highest BCUT2D eigenvalue weighted by Gasteiger charge is 2.61. The fourth-order valence-corrected chi connectivity index (χ4v) is 11.1. The summed E-state index contributed by atoms with van der Waals surface area (Å²) in [5.41, 5.74) is 2.67. The molecule has 1 nitrogen and oxygen atoms in total. The highest BCUT2D eigenvalue weighted by Crippen LogP contribution is 2.46. The van der Waals surface area contributed by atoms with Crippen molar-refractivity contribution < 1.29 is 4.43 Å². The van der Waals surface area contributed by atoms with E-state index in [0.717, 1.165) is 0 Å². The van der Waals surface area contributed by atoms with Crippen molar-refractivity contribution in [2.45, 2.75) is 44.7 Å². The summed E-state index contributed by atoms with van der Waals surface area (Å²) in [5.74, 6) is 0.